The van der Waals surface area contributed by atoms with E-state index in [0.717, 1.165) is 58.8 Å². The largest absolute Gasteiger partial charge is 0.487 e. The molecule has 24 heavy (non-hydrogen) atoms. The van der Waals surface area contributed by atoms with Crippen LogP contribution in [0.1, 0.15) is 26.7 Å². The number of hydrogen-bond donors (Lipinski definition) is 0. The molecule has 0 spiro atoms. The van der Waals surface area contributed by atoms with Crippen LogP contribution in [-0.4, -0.2) is 67.4 Å². The fraction of sp³-hybridized carbons (Fsp3) is 0.684. The van der Waals surface area contributed by atoms with Crippen LogP contribution in [0.15, 0.2) is 24.3 Å². The van der Waals surface area contributed by atoms with Crippen LogP contribution in [0, 0.1) is 5.82 Å². The molecular formula is C19H29FN2O2. The molecule has 2 aliphatic rings. The molecule has 3 rings (SSSR count). The molecule has 0 N–H and O–H groups in total. The highest BCUT2D eigenvalue weighted by atomic mass is 19.1. The zero-order valence-corrected chi connectivity index (χ0v) is 14.8. The zero-order chi connectivity index (χ0) is 17.0. The first-order valence-corrected chi connectivity index (χ1v) is 9.01. The number of nitrogens with zero attached hydrogens (tertiary/aromatic N) is 2. The van der Waals surface area contributed by atoms with Gasteiger partial charge in [0.15, 0.2) is 11.6 Å². The fourth-order valence-electron chi connectivity index (χ4n) is 3.72. The van der Waals surface area contributed by atoms with E-state index in [0.29, 0.717) is 5.75 Å². The summed E-state index contributed by atoms with van der Waals surface area (Å²) in [4.78, 5) is 5.04. The van der Waals surface area contributed by atoms with Crippen molar-refractivity contribution in [3.8, 4) is 5.75 Å². The molecule has 0 unspecified atom stereocenters. The molecule has 134 valence electrons. The maximum Gasteiger partial charge on any atom is 0.165 e. The highest BCUT2D eigenvalue weighted by Gasteiger charge is 2.32. The molecule has 2 fully saturated rings. The molecule has 4 nitrogen and oxygen atoms in total. The maximum absolute atomic E-state index is 13.7. The number of rotatable bonds is 5. The number of halogens is 1. The standard InChI is InChI=1S/C19H29FN2O2/c1-19(2,22-11-13-23-14-12-22)15-21-9-7-16(8-10-21)24-18-6-4-3-5-17(18)20/h3-6,16H,7-15H2,1-2H3. The Morgan fingerprint density at radius 1 is 1.12 bits per heavy atom. The normalized spacial score (nSPS) is 21.8. The van der Waals surface area contributed by atoms with Gasteiger partial charge in [0.25, 0.3) is 0 Å². The summed E-state index contributed by atoms with van der Waals surface area (Å²) in [5.74, 6) is 0.109. The van der Waals surface area contributed by atoms with E-state index < -0.39 is 0 Å². The van der Waals surface area contributed by atoms with Gasteiger partial charge >= 0.3 is 0 Å². The predicted molar refractivity (Wildman–Crippen MR) is 93.0 cm³/mol. The van der Waals surface area contributed by atoms with Crippen molar-refractivity contribution in [2.24, 2.45) is 0 Å². The van der Waals surface area contributed by atoms with Crippen molar-refractivity contribution >= 4 is 0 Å². The minimum Gasteiger partial charge on any atom is -0.487 e. The van der Waals surface area contributed by atoms with Gasteiger partial charge in [0, 0.05) is 38.3 Å². The highest BCUT2D eigenvalue weighted by molar-refractivity contribution is 5.23. The summed E-state index contributed by atoms with van der Waals surface area (Å²) in [7, 11) is 0. The van der Waals surface area contributed by atoms with Crippen LogP contribution in [0.3, 0.4) is 0 Å². The van der Waals surface area contributed by atoms with E-state index in [2.05, 4.69) is 23.6 Å². The van der Waals surface area contributed by atoms with Crippen molar-refractivity contribution in [2.45, 2.75) is 38.3 Å². The first-order valence-electron chi connectivity index (χ1n) is 9.01. The van der Waals surface area contributed by atoms with Crippen LogP contribution in [-0.2, 0) is 4.74 Å². The quantitative estimate of drug-likeness (QED) is 0.825. The summed E-state index contributed by atoms with van der Waals surface area (Å²) in [5, 5.41) is 0. The Kier molecular flexibility index (Phi) is 5.74. The third-order valence-corrected chi connectivity index (χ3v) is 5.14. The lowest BCUT2D eigenvalue weighted by atomic mass is 9.98. The second kappa shape index (κ2) is 7.81. The smallest absolute Gasteiger partial charge is 0.165 e. The number of morpholine rings is 1. The topological polar surface area (TPSA) is 24.9 Å². The third kappa shape index (κ3) is 4.47. The lowest BCUT2D eigenvalue weighted by Crippen LogP contribution is -2.56. The lowest BCUT2D eigenvalue weighted by Gasteiger charge is -2.45. The molecule has 0 saturated carbocycles. The number of likely N-dealkylation sites (tertiary alicyclic amines) is 1. The van der Waals surface area contributed by atoms with Crippen molar-refractivity contribution in [1.29, 1.82) is 0 Å². The van der Waals surface area contributed by atoms with Crippen LogP contribution >= 0.6 is 0 Å². The minimum atomic E-state index is -0.270. The Morgan fingerprint density at radius 2 is 1.79 bits per heavy atom. The van der Waals surface area contributed by atoms with E-state index in [1.165, 1.54) is 6.07 Å². The van der Waals surface area contributed by atoms with E-state index in [1.54, 1.807) is 12.1 Å². The van der Waals surface area contributed by atoms with Gasteiger partial charge in [-0.2, -0.15) is 0 Å². The van der Waals surface area contributed by atoms with Crippen LogP contribution < -0.4 is 4.74 Å². The van der Waals surface area contributed by atoms with Gasteiger partial charge in [-0.05, 0) is 38.8 Å². The third-order valence-electron chi connectivity index (χ3n) is 5.14. The Labute approximate surface area is 144 Å². The molecule has 1 aromatic rings. The molecule has 2 saturated heterocycles. The fourth-order valence-corrected chi connectivity index (χ4v) is 3.72. The second-order valence-corrected chi connectivity index (χ2v) is 7.44. The van der Waals surface area contributed by atoms with Gasteiger partial charge in [0.05, 0.1) is 13.2 Å². The van der Waals surface area contributed by atoms with E-state index in [-0.39, 0.29) is 17.5 Å². The summed E-state index contributed by atoms with van der Waals surface area (Å²) >= 11 is 0. The number of benzene rings is 1. The summed E-state index contributed by atoms with van der Waals surface area (Å²) in [6, 6.07) is 6.68. The molecule has 0 amide bonds. The van der Waals surface area contributed by atoms with Crippen LogP contribution in [0.25, 0.3) is 0 Å². The number of ether oxygens (including phenoxy) is 2. The highest BCUT2D eigenvalue weighted by Crippen LogP contribution is 2.24. The molecule has 0 bridgehead atoms. The Morgan fingerprint density at radius 3 is 2.46 bits per heavy atom. The van der Waals surface area contributed by atoms with Gasteiger partial charge in [0.2, 0.25) is 0 Å². The van der Waals surface area contributed by atoms with E-state index in [9.17, 15) is 4.39 Å². The first-order chi connectivity index (χ1) is 11.5. The van der Waals surface area contributed by atoms with E-state index in [4.69, 9.17) is 9.47 Å². The van der Waals surface area contributed by atoms with Crippen molar-refractivity contribution in [1.82, 2.24) is 9.80 Å². The Hall–Kier alpha value is -1.17. The maximum atomic E-state index is 13.7. The molecule has 1 aromatic carbocycles. The summed E-state index contributed by atoms with van der Waals surface area (Å²) in [6.07, 6.45) is 2.02. The summed E-state index contributed by atoms with van der Waals surface area (Å²) < 4.78 is 25.0. The predicted octanol–water partition coefficient (Wildman–Crippen LogP) is 2.78. The number of para-hydroxylation sites is 1. The molecule has 0 atom stereocenters. The molecule has 5 heteroatoms. The lowest BCUT2D eigenvalue weighted by molar-refractivity contribution is -0.0270. The number of hydrogen-bond acceptors (Lipinski definition) is 4. The van der Waals surface area contributed by atoms with E-state index in [1.807, 2.05) is 6.07 Å². The second-order valence-electron chi connectivity index (χ2n) is 7.44. The first kappa shape index (κ1) is 17.6. The monoisotopic (exact) mass is 336 g/mol. The van der Waals surface area contributed by atoms with Gasteiger partial charge in [-0.25, -0.2) is 4.39 Å². The van der Waals surface area contributed by atoms with E-state index >= 15 is 0 Å². The molecular weight excluding hydrogens is 307 g/mol. The van der Waals surface area contributed by atoms with Gasteiger partial charge < -0.3 is 14.4 Å². The van der Waals surface area contributed by atoms with Gasteiger partial charge in [-0.1, -0.05) is 12.1 Å². The van der Waals surface area contributed by atoms with Crippen molar-refractivity contribution in [3.05, 3.63) is 30.1 Å². The van der Waals surface area contributed by atoms with Gasteiger partial charge in [0.1, 0.15) is 6.10 Å². The minimum absolute atomic E-state index is 0.115. The average molecular weight is 336 g/mol. The van der Waals surface area contributed by atoms with Crippen LogP contribution in [0.4, 0.5) is 4.39 Å². The van der Waals surface area contributed by atoms with Crippen LogP contribution in [0.5, 0.6) is 5.75 Å². The SMILES string of the molecule is CC(C)(CN1CCC(Oc2ccccc2F)CC1)N1CCOCC1. The summed E-state index contributed by atoms with van der Waals surface area (Å²) in [5.41, 5.74) is 0.156. The van der Waals surface area contributed by atoms with Crippen molar-refractivity contribution < 1.29 is 13.9 Å². The molecule has 0 aliphatic carbocycles. The molecule has 0 radical (unpaired) electrons. The zero-order valence-electron chi connectivity index (χ0n) is 14.8. The molecule has 2 heterocycles. The molecule has 2 aliphatic heterocycles. The van der Waals surface area contributed by atoms with Gasteiger partial charge in [-0.15, -0.1) is 0 Å². The Balaban J connectivity index is 1.47. The molecule has 0 aromatic heterocycles. The van der Waals surface area contributed by atoms with Crippen molar-refractivity contribution in [3.63, 3.8) is 0 Å². The number of piperidine rings is 1. The van der Waals surface area contributed by atoms with Crippen LogP contribution in [0.2, 0.25) is 0 Å². The summed E-state index contributed by atoms with van der Waals surface area (Å²) in [6.45, 7) is 11.4. The Bertz CT molecular complexity index is 524. The van der Waals surface area contributed by atoms with Crippen molar-refractivity contribution in [2.75, 3.05) is 45.9 Å². The average Bonchev–Trinajstić information content (AvgIpc) is 2.59. The van der Waals surface area contributed by atoms with Gasteiger partial charge in [-0.3, -0.25) is 4.90 Å².